The van der Waals surface area contributed by atoms with Gasteiger partial charge in [0.05, 0.1) is 18.4 Å². The predicted molar refractivity (Wildman–Crippen MR) is 115 cm³/mol. The third-order valence-corrected chi connectivity index (χ3v) is 6.33. The maximum atomic E-state index is 12.7. The molecule has 0 aliphatic heterocycles. The highest BCUT2D eigenvalue weighted by Gasteiger charge is 2.35. The van der Waals surface area contributed by atoms with Gasteiger partial charge in [0.2, 0.25) is 5.69 Å². The van der Waals surface area contributed by atoms with Gasteiger partial charge >= 0.3 is 0 Å². The quantitative estimate of drug-likeness (QED) is 0.715. The van der Waals surface area contributed by atoms with Gasteiger partial charge in [0, 0.05) is 37.0 Å². The van der Waals surface area contributed by atoms with Crippen LogP contribution in [0.2, 0.25) is 0 Å². The summed E-state index contributed by atoms with van der Waals surface area (Å²) in [6.07, 6.45) is 6.72. The molecule has 2 aliphatic rings. The van der Waals surface area contributed by atoms with Crippen molar-refractivity contribution in [2.75, 3.05) is 5.32 Å². The van der Waals surface area contributed by atoms with Crippen LogP contribution < -0.4 is 5.32 Å². The fraction of sp³-hybridized carbons (Fsp3) is 0.500. The molecule has 1 saturated carbocycles. The molecule has 0 bridgehead atoms. The van der Waals surface area contributed by atoms with Crippen LogP contribution in [-0.4, -0.2) is 27.6 Å². The lowest BCUT2D eigenvalue weighted by Gasteiger charge is -2.30. The van der Waals surface area contributed by atoms with Crippen LogP contribution in [0.5, 0.6) is 0 Å². The SMILES string of the molecule is [C-]#[N+]c1ccc(-c2cn(C)c3c2CC(C)(C)CC3=O)cc1NC1CCC(O)CC1. The Kier molecular flexibility index (Phi) is 5.00. The second-order valence-electron chi connectivity index (χ2n) is 9.42. The molecule has 0 spiro atoms. The normalized spacial score (nSPS) is 23.3. The van der Waals surface area contributed by atoms with E-state index in [0.29, 0.717) is 12.1 Å². The highest BCUT2D eigenvalue weighted by Crippen LogP contribution is 2.42. The van der Waals surface area contributed by atoms with Gasteiger partial charge in [-0.3, -0.25) is 4.79 Å². The van der Waals surface area contributed by atoms with E-state index in [4.69, 9.17) is 6.57 Å². The summed E-state index contributed by atoms with van der Waals surface area (Å²) in [5.41, 5.74) is 5.49. The van der Waals surface area contributed by atoms with Gasteiger partial charge in [-0.25, -0.2) is 4.85 Å². The van der Waals surface area contributed by atoms with Crippen molar-refractivity contribution in [1.29, 1.82) is 0 Å². The molecule has 152 valence electrons. The summed E-state index contributed by atoms with van der Waals surface area (Å²) in [7, 11) is 1.94. The summed E-state index contributed by atoms with van der Waals surface area (Å²) in [5.74, 6) is 0.210. The van der Waals surface area contributed by atoms with E-state index in [9.17, 15) is 9.90 Å². The Morgan fingerprint density at radius 3 is 2.62 bits per heavy atom. The Morgan fingerprint density at radius 2 is 1.93 bits per heavy atom. The monoisotopic (exact) mass is 391 g/mol. The molecule has 0 unspecified atom stereocenters. The van der Waals surface area contributed by atoms with Crippen LogP contribution in [0.1, 0.15) is 62.0 Å². The highest BCUT2D eigenvalue weighted by atomic mass is 16.3. The molecule has 5 nitrogen and oxygen atoms in total. The molecule has 0 amide bonds. The largest absolute Gasteiger partial charge is 0.393 e. The van der Waals surface area contributed by atoms with E-state index in [2.05, 4.69) is 36.3 Å². The lowest BCUT2D eigenvalue weighted by molar-refractivity contribution is 0.0903. The van der Waals surface area contributed by atoms with Crippen molar-refractivity contribution in [3.05, 3.63) is 47.1 Å². The minimum Gasteiger partial charge on any atom is -0.393 e. The molecule has 0 atom stereocenters. The molecule has 0 radical (unpaired) electrons. The maximum absolute atomic E-state index is 12.7. The van der Waals surface area contributed by atoms with E-state index >= 15 is 0 Å². The van der Waals surface area contributed by atoms with Crippen molar-refractivity contribution in [2.24, 2.45) is 12.5 Å². The Hall–Kier alpha value is -2.58. The minimum absolute atomic E-state index is 0.0410. The van der Waals surface area contributed by atoms with Crippen LogP contribution >= 0.6 is 0 Å². The number of aryl methyl sites for hydroxylation is 1. The van der Waals surface area contributed by atoms with Crippen LogP contribution in [0, 0.1) is 12.0 Å². The van der Waals surface area contributed by atoms with Crippen molar-refractivity contribution >= 4 is 17.2 Å². The fourth-order valence-corrected chi connectivity index (χ4v) is 4.89. The van der Waals surface area contributed by atoms with Gasteiger partial charge in [-0.1, -0.05) is 26.0 Å². The molecule has 1 aromatic carbocycles. The van der Waals surface area contributed by atoms with Gasteiger partial charge < -0.3 is 15.0 Å². The number of aliphatic hydroxyl groups excluding tert-OH is 1. The first-order valence-electron chi connectivity index (χ1n) is 10.5. The Balaban J connectivity index is 1.71. The standard InChI is InChI=1S/C24H29N3O2/c1-24(2)12-18-19(14-27(4)23(18)22(29)13-24)15-5-10-20(25-3)21(11-15)26-16-6-8-17(28)9-7-16/h5,10-11,14,16-17,26,28H,6-9,12-13H2,1-2,4H3. The fourth-order valence-electron chi connectivity index (χ4n) is 4.89. The molecular weight excluding hydrogens is 362 g/mol. The van der Waals surface area contributed by atoms with Gasteiger partial charge in [0.25, 0.3) is 0 Å². The molecule has 4 rings (SSSR count). The number of carbonyl (C=O) groups excluding carboxylic acids is 1. The average Bonchev–Trinajstić information content (AvgIpc) is 2.99. The first-order valence-corrected chi connectivity index (χ1v) is 10.5. The number of fused-ring (bicyclic) bond motifs is 1. The number of aliphatic hydroxyl groups is 1. The number of nitrogens with zero attached hydrogens (tertiary/aromatic N) is 2. The number of hydrogen-bond donors (Lipinski definition) is 2. The molecule has 2 N–H and O–H groups in total. The van der Waals surface area contributed by atoms with Gasteiger partial charge in [0.15, 0.2) is 5.78 Å². The Bertz CT molecular complexity index is 988. The summed E-state index contributed by atoms with van der Waals surface area (Å²) in [6, 6.07) is 6.20. The van der Waals surface area contributed by atoms with Gasteiger partial charge in [-0.05, 0) is 54.7 Å². The Labute approximate surface area is 172 Å². The number of ketones is 1. The third-order valence-electron chi connectivity index (χ3n) is 6.33. The second kappa shape index (κ2) is 7.35. The smallest absolute Gasteiger partial charge is 0.209 e. The summed E-state index contributed by atoms with van der Waals surface area (Å²) in [6.45, 7) is 11.8. The number of anilines is 1. The lowest BCUT2D eigenvalue weighted by Crippen LogP contribution is -2.28. The predicted octanol–water partition coefficient (Wildman–Crippen LogP) is 5.11. The number of carbonyl (C=O) groups is 1. The van der Waals surface area contributed by atoms with E-state index in [1.54, 1.807) is 0 Å². The molecule has 1 heterocycles. The van der Waals surface area contributed by atoms with Crippen molar-refractivity contribution in [1.82, 2.24) is 4.57 Å². The summed E-state index contributed by atoms with van der Waals surface area (Å²) in [4.78, 5) is 16.4. The van der Waals surface area contributed by atoms with Crippen molar-refractivity contribution in [3.63, 3.8) is 0 Å². The number of aromatic nitrogens is 1. The van der Waals surface area contributed by atoms with Crippen LogP contribution in [0.3, 0.4) is 0 Å². The highest BCUT2D eigenvalue weighted by molar-refractivity contribution is 6.00. The topological polar surface area (TPSA) is 58.6 Å². The van der Waals surface area contributed by atoms with Crippen LogP contribution in [0.25, 0.3) is 16.0 Å². The summed E-state index contributed by atoms with van der Waals surface area (Å²) < 4.78 is 1.96. The van der Waals surface area contributed by atoms with Gasteiger partial charge in [-0.2, -0.15) is 0 Å². The van der Waals surface area contributed by atoms with E-state index in [0.717, 1.165) is 60.2 Å². The molecule has 5 heteroatoms. The first kappa shape index (κ1) is 19.7. The zero-order valence-corrected chi connectivity index (χ0v) is 17.5. The molecule has 1 fully saturated rings. The van der Waals surface area contributed by atoms with E-state index < -0.39 is 0 Å². The molecule has 0 saturated heterocycles. The minimum atomic E-state index is -0.198. The molecule has 2 aliphatic carbocycles. The van der Waals surface area contributed by atoms with Crippen LogP contribution in [-0.2, 0) is 13.5 Å². The second-order valence-corrected chi connectivity index (χ2v) is 9.42. The van der Waals surface area contributed by atoms with E-state index in [-0.39, 0.29) is 23.3 Å². The van der Waals surface area contributed by atoms with Crippen LogP contribution in [0.15, 0.2) is 24.4 Å². The molecule has 2 aromatic rings. The molecule has 1 aromatic heterocycles. The third kappa shape index (κ3) is 3.82. The number of benzene rings is 1. The van der Waals surface area contributed by atoms with Crippen molar-refractivity contribution < 1.29 is 9.90 Å². The van der Waals surface area contributed by atoms with Crippen LogP contribution in [0.4, 0.5) is 11.4 Å². The zero-order chi connectivity index (χ0) is 20.8. The number of hydrogen-bond acceptors (Lipinski definition) is 3. The zero-order valence-electron chi connectivity index (χ0n) is 17.5. The van der Waals surface area contributed by atoms with Gasteiger partial charge in [0.1, 0.15) is 0 Å². The number of nitrogens with one attached hydrogen (secondary N) is 1. The summed E-state index contributed by atoms with van der Waals surface area (Å²) >= 11 is 0. The summed E-state index contributed by atoms with van der Waals surface area (Å²) in [5, 5.41) is 13.3. The number of Topliss-reactive ketones (excluding diaryl/α,β-unsaturated/α-hetero) is 1. The van der Waals surface area contributed by atoms with Gasteiger partial charge in [-0.15, -0.1) is 0 Å². The maximum Gasteiger partial charge on any atom is 0.209 e. The number of rotatable bonds is 3. The molecule has 29 heavy (non-hydrogen) atoms. The van der Waals surface area contributed by atoms with E-state index in [1.165, 1.54) is 0 Å². The van der Waals surface area contributed by atoms with E-state index in [1.807, 2.05) is 23.7 Å². The average molecular weight is 392 g/mol. The van der Waals surface area contributed by atoms with Crippen molar-refractivity contribution in [2.45, 2.75) is 64.5 Å². The molecular formula is C24H29N3O2. The van der Waals surface area contributed by atoms with Crippen molar-refractivity contribution in [3.8, 4) is 11.1 Å². The lowest BCUT2D eigenvalue weighted by atomic mass is 9.74. The Morgan fingerprint density at radius 1 is 1.21 bits per heavy atom. The first-order chi connectivity index (χ1) is 13.8.